The van der Waals surface area contributed by atoms with E-state index in [4.69, 9.17) is 4.74 Å². The van der Waals surface area contributed by atoms with Gasteiger partial charge in [0, 0.05) is 19.3 Å². The van der Waals surface area contributed by atoms with Gasteiger partial charge in [-0.05, 0) is 26.0 Å². The number of aromatic nitrogens is 1. The minimum absolute atomic E-state index is 0.0295. The van der Waals surface area contributed by atoms with Gasteiger partial charge in [0.2, 0.25) is 0 Å². The molecular weight excluding hydrogens is 248 g/mol. The van der Waals surface area contributed by atoms with E-state index in [-0.39, 0.29) is 18.8 Å². The highest BCUT2D eigenvalue weighted by Crippen LogP contribution is 2.07. The average molecular weight is 266 g/mol. The molecule has 1 aromatic rings. The molecule has 0 spiro atoms. The quantitative estimate of drug-likeness (QED) is 0.797. The molecule has 0 aliphatic rings. The number of carboxylic acid groups (broad SMARTS) is 1. The lowest BCUT2D eigenvalue weighted by Crippen LogP contribution is -2.48. The molecule has 6 heteroatoms. The minimum Gasteiger partial charge on any atom is -0.480 e. The summed E-state index contributed by atoms with van der Waals surface area (Å²) >= 11 is 0. The Balaban J connectivity index is 2.90. The minimum atomic E-state index is -1.08. The normalized spacial score (nSPS) is 11.9. The number of carboxylic acids is 1. The van der Waals surface area contributed by atoms with E-state index in [2.05, 4.69) is 4.98 Å². The van der Waals surface area contributed by atoms with Crippen molar-refractivity contribution in [2.45, 2.75) is 19.9 Å². The van der Waals surface area contributed by atoms with Crippen molar-refractivity contribution in [3.05, 3.63) is 30.1 Å². The number of amides is 1. The van der Waals surface area contributed by atoms with E-state index < -0.39 is 17.9 Å². The van der Waals surface area contributed by atoms with Gasteiger partial charge in [-0.1, -0.05) is 6.07 Å². The highest BCUT2D eigenvalue weighted by atomic mass is 16.5. The zero-order valence-corrected chi connectivity index (χ0v) is 11.1. The van der Waals surface area contributed by atoms with E-state index >= 15 is 0 Å². The van der Waals surface area contributed by atoms with E-state index in [1.807, 2.05) is 0 Å². The van der Waals surface area contributed by atoms with Gasteiger partial charge in [0.15, 0.2) is 6.04 Å². The molecule has 0 saturated heterocycles. The van der Waals surface area contributed by atoms with Crippen LogP contribution in [0.1, 0.15) is 24.3 Å². The van der Waals surface area contributed by atoms with Gasteiger partial charge < -0.3 is 14.7 Å². The average Bonchev–Trinajstić information content (AvgIpc) is 2.43. The summed E-state index contributed by atoms with van der Waals surface area (Å²) in [5.74, 6) is -1.49. The number of nitrogens with zero attached hydrogens (tertiary/aromatic N) is 2. The second kappa shape index (κ2) is 7.48. The summed E-state index contributed by atoms with van der Waals surface area (Å²) in [5.41, 5.74) is 0.229. The lowest BCUT2D eigenvalue weighted by Gasteiger charge is -2.27. The van der Waals surface area contributed by atoms with Gasteiger partial charge >= 0.3 is 5.97 Å². The Morgan fingerprint density at radius 1 is 1.42 bits per heavy atom. The fourth-order valence-electron chi connectivity index (χ4n) is 1.67. The van der Waals surface area contributed by atoms with Gasteiger partial charge in [-0.25, -0.2) is 4.79 Å². The molecular formula is C13H18N2O4. The summed E-state index contributed by atoms with van der Waals surface area (Å²) < 4.78 is 5.13. The first kappa shape index (κ1) is 15.1. The first-order valence-electron chi connectivity index (χ1n) is 6.14. The van der Waals surface area contributed by atoms with Crippen LogP contribution in [0.5, 0.6) is 0 Å². The highest BCUT2D eigenvalue weighted by molar-refractivity contribution is 5.95. The van der Waals surface area contributed by atoms with E-state index in [1.165, 1.54) is 11.1 Å². The third kappa shape index (κ3) is 4.03. The monoisotopic (exact) mass is 266 g/mol. The van der Waals surface area contributed by atoms with Crippen LogP contribution in [0.15, 0.2) is 24.4 Å². The van der Waals surface area contributed by atoms with Crippen LogP contribution in [-0.2, 0) is 9.53 Å². The first-order valence-corrected chi connectivity index (χ1v) is 6.14. The van der Waals surface area contributed by atoms with Gasteiger partial charge in [-0.15, -0.1) is 0 Å². The number of hydrogen-bond donors (Lipinski definition) is 1. The number of rotatable bonds is 7. The summed E-state index contributed by atoms with van der Waals surface area (Å²) in [6, 6.07) is 3.94. The Morgan fingerprint density at radius 2 is 2.16 bits per heavy atom. The van der Waals surface area contributed by atoms with Crippen LogP contribution in [0.4, 0.5) is 0 Å². The smallest absolute Gasteiger partial charge is 0.328 e. The van der Waals surface area contributed by atoms with Gasteiger partial charge in [-0.3, -0.25) is 9.78 Å². The molecule has 0 bridgehead atoms. The molecule has 1 rings (SSSR count). The summed E-state index contributed by atoms with van der Waals surface area (Å²) in [5, 5.41) is 9.20. The largest absolute Gasteiger partial charge is 0.480 e. The molecule has 0 saturated carbocycles. The standard InChI is InChI=1S/C13H18N2O4/c1-3-15(11(13(17)18)9-19-4-2)12(16)10-7-5-6-8-14-10/h5-8,11H,3-4,9H2,1-2H3,(H,17,18). The Kier molecular flexibility index (Phi) is 5.95. The van der Waals surface area contributed by atoms with Gasteiger partial charge in [0.1, 0.15) is 5.69 Å². The summed E-state index contributed by atoms with van der Waals surface area (Å²) in [7, 11) is 0. The highest BCUT2D eigenvalue weighted by Gasteiger charge is 2.29. The van der Waals surface area contributed by atoms with Crippen LogP contribution in [-0.4, -0.2) is 52.7 Å². The number of carbonyl (C=O) groups excluding carboxylic acids is 1. The van der Waals surface area contributed by atoms with Crippen molar-refractivity contribution in [2.24, 2.45) is 0 Å². The molecule has 104 valence electrons. The molecule has 0 radical (unpaired) electrons. The molecule has 1 atom stereocenters. The predicted octanol–water partition coefficient (Wildman–Crippen LogP) is 1.03. The summed E-state index contributed by atoms with van der Waals surface area (Å²) in [4.78, 5) is 28.7. The Bertz CT molecular complexity index is 422. The molecule has 1 aromatic heterocycles. The van der Waals surface area contributed by atoms with Gasteiger partial charge in [0.05, 0.1) is 6.61 Å². The number of carbonyl (C=O) groups is 2. The molecule has 1 unspecified atom stereocenters. The third-order valence-corrected chi connectivity index (χ3v) is 2.63. The number of hydrogen-bond acceptors (Lipinski definition) is 4. The van der Waals surface area contributed by atoms with Crippen LogP contribution in [0.25, 0.3) is 0 Å². The summed E-state index contributed by atoms with van der Waals surface area (Å²) in [6.45, 7) is 4.15. The molecule has 0 aromatic carbocycles. The molecule has 6 nitrogen and oxygen atoms in total. The van der Waals surface area contributed by atoms with Crippen molar-refractivity contribution < 1.29 is 19.4 Å². The summed E-state index contributed by atoms with van der Waals surface area (Å²) in [6.07, 6.45) is 1.50. The van der Waals surface area contributed by atoms with E-state index in [0.717, 1.165) is 0 Å². The molecule has 19 heavy (non-hydrogen) atoms. The number of likely N-dealkylation sites (N-methyl/N-ethyl adjacent to an activating group) is 1. The SMILES string of the molecule is CCOCC(C(=O)O)N(CC)C(=O)c1ccccn1. The van der Waals surface area contributed by atoms with Crippen molar-refractivity contribution in [3.63, 3.8) is 0 Å². The number of ether oxygens (including phenoxy) is 1. The Hall–Kier alpha value is -1.95. The van der Waals surface area contributed by atoms with E-state index in [1.54, 1.807) is 32.0 Å². The first-order chi connectivity index (χ1) is 9.11. The van der Waals surface area contributed by atoms with Crippen LogP contribution < -0.4 is 0 Å². The molecule has 1 amide bonds. The molecule has 1 heterocycles. The van der Waals surface area contributed by atoms with Crippen molar-refractivity contribution in [1.29, 1.82) is 0 Å². The van der Waals surface area contributed by atoms with E-state index in [9.17, 15) is 14.7 Å². The topological polar surface area (TPSA) is 79.7 Å². The number of aliphatic carboxylic acids is 1. The Labute approximate surface area is 112 Å². The molecule has 1 N–H and O–H groups in total. The zero-order chi connectivity index (χ0) is 14.3. The maximum atomic E-state index is 12.2. The van der Waals surface area contributed by atoms with Crippen molar-refractivity contribution in [2.75, 3.05) is 19.8 Å². The molecule has 0 fully saturated rings. The second-order valence-electron chi connectivity index (χ2n) is 3.82. The molecule has 0 aliphatic heterocycles. The van der Waals surface area contributed by atoms with Crippen LogP contribution in [0, 0.1) is 0 Å². The predicted molar refractivity (Wildman–Crippen MR) is 68.9 cm³/mol. The van der Waals surface area contributed by atoms with Crippen LogP contribution >= 0.6 is 0 Å². The van der Waals surface area contributed by atoms with Crippen LogP contribution in [0.2, 0.25) is 0 Å². The van der Waals surface area contributed by atoms with Gasteiger partial charge in [-0.2, -0.15) is 0 Å². The van der Waals surface area contributed by atoms with Crippen molar-refractivity contribution in [1.82, 2.24) is 9.88 Å². The van der Waals surface area contributed by atoms with Crippen LogP contribution in [0.3, 0.4) is 0 Å². The fraction of sp³-hybridized carbons (Fsp3) is 0.462. The molecule has 0 aliphatic carbocycles. The maximum Gasteiger partial charge on any atom is 0.328 e. The zero-order valence-electron chi connectivity index (χ0n) is 11.1. The van der Waals surface area contributed by atoms with Gasteiger partial charge in [0.25, 0.3) is 5.91 Å². The third-order valence-electron chi connectivity index (χ3n) is 2.63. The lowest BCUT2D eigenvalue weighted by atomic mass is 10.2. The van der Waals surface area contributed by atoms with E-state index in [0.29, 0.717) is 6.61 Å². The second-order valence-corrected chi connectivity index (χ2v) is 3.82. The maximum absolute atomic E-state index is 12.2. The lowest BCUT2D eigenvalue weighted by molar-refractivity contribution is -0.144. The number of pyridine rings is 1. The fourth-order valence-corrected chi connectivity index (χ4v) is 1.67. The van der Waals surface area contributed by atoms with Crippen molar-refractivity contribution >= 4 is 11.9 Å². The Morgan fingerprint density at radius 3 is 2.63 bits per heavy atom. The van der Waals surface area contributed by atoms with Crippen molar-refractivity contribution in [3.8, 4) is 0 Å².